The fraction of sp³-hybridized carbons (Fsp3) is 0.365. The van der Waals surface area contributed by atoms with Crippen molar-refractivity contribution in [2.75, 3.05) is 52.4 Å². The van der Waals surface area contributed by atoms with E-state index in [1.54, 1.807) is 0 Å². The van der Waals surface area contributed by atoms with Gasteiger partial charge in [-0.3, -0.25) is 24.2 Å². The summed E-state index contributed by atoms with van der Waals surface area (Å²) in [4.78, 5) is 52.5. The van der Waals surface area contributed by atoms with E-state index in [4.69, 9.17) is 0 Å². The summed E-state index contributed by atoms with van der Waals surface area (Å²) in [5.74, 6) is -0.470. The molecule has 9 nitrogen and oxygen atoms in total. The molecule has 7 aromatic carbocycles. The molecule has 0 aromatic heterocycles. The first-order valence-electron chi connectivity index (χ1n) is 31.1. The maximum Gasteiger partial charge on any atom is 0.416 e. The Kier molecular flexibility index (Phi) is 25.4. The zero-order valence-corrected chi connectivity index (χ0v) is 50.4. The zero-order valence-electron chi connectivity index (χ0n) is 50.4. The molecule has 12 heteroatoms. The van der Waals surface area contributed by atoms with Crippen molar-refractivity contribution in [1.82, 2.24) is 29.8 Å². The lowest BCUT2D eigenvalue weighted by Gasteiger charge is -2.39. The minimum absolute atomic E-state index is 0.106. The van der Waals surface area contributed by atoms with E-state index in [0.717, 1.165) is 88.6 Å². The summed E-state index contributed by atoms with van der Waals surface area (Å²) in [6.07, 6.45) is 8.07. The second-order valence-electron chi connectivity index (χ2n) is 22.9. The number of alkyl halides is 3. The zero-order chi connectivity index (χ0) is 60.4. The smallest absolute Gasteiger partial charge is 0.339 e. The number of halogens is 3. The molecule has 452 valence electrons. The lowest BCUT2D eigenvalue weighted by Crippen LogP contribution is -2.56. The molecule has 0 radical (unpaired) electrons. The van der Waals surface area contributed by atoms with Crippen LogP contribution < -0.4 is 5.32 Å². The quantitative estimate of drug-likeness (QED) is 0.0430. The average Bonchev–Trinajstić information content (AvgIpc) is 3.65. The van der Waals surface area contributed by atoms with Crippen molar-refractivity contribution in [2.24, 2.45) is 0 Å². The summed E-state index contributed by atoms with van der Waals surface area (Å²) in [5, 5.41) is 3.60. The number of unbranched alkanes of at least 4 members (excludes halogenated alkanes) is 4. The average molecular weight is 1170 g/mol. The van der Waals surface area contributed by atoms with Crippen LogP contribution in [0.1, 0.15) is 108 Å². The number of benzene rings is 7. The highest BCUT2D eigenvalue weighted by molar-refractivity contribution is 5.96. The molecule has 2 atom stereocenters. The second-order valence-corrected chi connectivity index (χ2v) is 22.9. The molecule has 9 rings (SSSR count). The monoisotopic (exact) mass is 1160 g/mol. The summed E-state index contributed by atoms with van der Waals surface area (Å²) in [6, 6.07) is 61.8. The molecule has 0 spiro atoms. The van der Waals surface area contributed by atoms with Crippen molar-refractivity contribution >= 4 is 23.8 Å². The number of hydrogen-bond donors (Lipinski definition) is 1. The van der Waals surface area contributed by atoms with E-state index in [1.807, 2.05) is 71.6 Å². The highest BCUT2D eigenvalue weighted by Crippen LogP contribution is 2.33. The first kappa shape index (κ1) is 64.4. The fourth-order valence-corrected chi connectivity index (χ4v) is 11.4. The lowest BCUT2D eigenvalue weighted by molar-refractivity contribution is -0.145. The molecule has 1 N–H and O–H groups in total. The number of carbonyl (C=O) groups excluding carboxylic acids is 3. The van der Waals surface area contributed by atoms with E-state index in [-0.39, 0.29) is 36.4 Å². The third-order valence-corrected chi connectivity index (χ3v) is 16.4. The van der Waals surface area contributed by atoms with Gasteiger partial charge in [0, 0.05) is 91.0 Å². The number of nitrogens with one attached hydrogen (secondary N) is 1. The number of nitrogens with zero attached hydrogens (tertiary/aromatic N) is 5. The van der Waals surface area contributed by atoms with Gasteiger partial charge in [0.25, 0.3) is 0 Å². The van der Waals surface area contributed by atoms with Crippen LogP contribution in [-0.2, 0) is 72.4 Å². The normalized spacial score (nSPS) is 14.8. The summed E-state index contributed by atoms with van der Waals surface area (Å²) in [7, 11) is 0. The van der Waals surface area contributed by atoms with E-state index in [0.29, 0.717) is 39.1 Å². The molecular weight excluding hydrogens is 1080 g/mol. The van der Waals surface area contributed by atoms with Crippen molar-refractivity contribution < 1.29 is 27.6 Å². The molecule has 2 fully saturated rings. The molecule has 2 aliphatic heterocycles. The Morgan fingerprint density at radius 3 is 1.37 bits per heavy atom. The van der Waals surface area contributed by atoms with E-state index >= 15 is 0 Å². The molecule has 3 amide bonds. The van der Waals surface area contributed by atoms with Crippen molar-refractivity contribution in [1.29, 1.82) is 0 Å². The maximum atomic E-state index is 14.5. The van der Waals surface area contributed by atoms with E-state index < -0.39 is 23.7 Å². The lowest BCUT2D eigenvalue weighted by atomic mass is 10.0. The van der Waals surface area contributed by atoms with Crippen LogP contribution in [0.3, 0.4) is 0 Å². The Labute approximate surface area is 509 Å². The van der Waals surface area contributed by atoms with Crippen LogP contribution in [0.4, 0.5) is 13.2 Å². The summed E-state index contributed by atoms with van der Waals surface area (Å²) >= 11 is 0. The minimum Gasteiger partial charge on any atom is -0.339 e. The number of hydrogen-bond acceptors (Lipinski definition) is 6. The van der Waals surface area contributed by atoms with Crippen molar-refractivity contribution in [3.63, 3.8) is 0 Å². The van der Waals surface area contributed by atoms with Crippen LogP contribution in [0.2, 0.25) is 0 Å². The van der Waals surface area contributed by atoms with Crippen LogP contribution in [0.25, 0.3) is 6.08 Å². The van der Waals surface area contributed by atoms with Crippen LogP contribution in [0.5, 0.6) is 0 Å². The Balaban J connectivity index is 0.000000236. The largest absolute Gasteiger partial charge is 0.416 e. The Hall–Kier alpha value is -7.64. The summed E-state index contributed by atoms with van der Waals surface area (Å²) in [6.45, 7) is 12.8. The van der Waals surface area contributed by atoms with Gasteiger partial charge in [0.2, 0.25) is 17.7 Å². The van der Waals surface area contributed by atoms with Gasteiger partial charge in [0.15, 0.2) is 0 Å². The molecule has 86 heavy (non-hydrogen) atoms. The fourth-order valence-electron chi connectivity index (χ4n) is 11.4. The predicted octanol–water partition coefficient (Wildman–Crippen LogP) is 13.9. The van der Waals surface area contributed by atoms with Crippen LogP contribution in [-0.4, -0.2) is 107 Å². The van der Waals surface area contributed by atoms with Gasteiger partial charge >= 0.3 is 6.18 Å². The molecule has 0 unspecified atom stereocenters. The number of amides is 3. The van der Waals surface area contributed by atoms with Crippen LogP contribution in [0.15, 0.2) is 200 Å². The van der Waals surface area contributed by atoms with E-state index in [2.05, 4.69) is 137 Å². The number of rotatable bonds is 26. The van der Waals surface area contributed by atoms with Crippen LogP contribution in [0, 0.1) is 0 Å². The molecule has 2 aliphatic rings. The Morgan fingerprint density at radius 1 is 0.477 bits per heavy atom. The van der Waals surface area contributed by atoms with Crippen LogP contribution >= 0.6 is 0 Å². The molecule has 0 bridgehead atoms. The Bertz CT molecular complexity index is 3130. The molecule has 2 saturated heterocycles. The molecular formula is C74H87F3N6O3. The second kappa shape index (κ2) is 33.9. The van der Waals surface area contributed by atoms with E-state index in [1.165, 1.54) is 87.9 Å². The summed E-state index contributed by atoms with van der Waals surface area (Å²) in [5.41, 5.74) is 8.38. The number of aryl methyl sites for hydroxylation is 2. The first-order valence-corrected chi connectivity index (χ1v) is 31.1. The molecule has 0 saturated carbocycles. The number of carbonyl (C=O) groups is 3. The first-order chi connectivity index (χ1) is 41.9. The minimum atomic E-state index is -4.57. The van der Waals surface area contributed by atoms with Gasteiger partial charge in [-0.25, -0.2) is 0 Å². The number of piperazine rings is 2. The SMILES string of the molecule is CCCCCc1ccc(CN(C(=O)/C=C/c2ccccc2C(F)(F)F)[C@@H](Cc2ccccc2)C(=O)N2CCN(Cc3ccccc3)CC2)cc1.CCCCCc1ccc(CN[C@@H](Cc2ccccc2)C(=O)N2CCN(Cc3ccccc3)CC2)cc1. The van der Waals surface area contributed by atoms with Crippen molar-refractivity contribution in [3.8, 4) is 0 Å². The third-order valence-electron chi connectivity index (χ3n) is 16.4. The topological polar surface area (TPSA) is 79.4 Å². The molecule has 0 aliphatic carbocycles. The third kappa shape index (κ3) is 20.5. The molecule has 7 aromatic rings. The maximum absolute atomic E-state index is 14.5. The Morgan fingerprint density at radius 2 is 0.895 bits per heavy atom. The van der Waals surface area contributed by atoms with Gasteiger partial charge < -0.3 is 20.0 Å². The molecule has 2 heterocycles. The van der Waals surface area contributed by atoms with E-state index in [9.17, 15) is 27.6 Å². The van der Waals surface area contributed by atoms with Crippen molar-refractivity contribution in [3.05, 3.63) is 256 Å². The van der Waals surface area contributed by atoms with Gasteiger partial charge in [-0.15, -0.1) is 0 Å². The predicted molar refractivity (Wildman–Crippen MR) is 342 cm³/mol. The highest BCUT2D eigenvalue weighted by Gasteiger charge is 2.36. The van der Waals surface area contributed by atoms with Gasteiger partial charge in [0.05, 0.1) is 11.6 Å². The van der Waals surface area contributed by atoms with Crippen molar-refractivity contribution in [2.45, 2.75) is 122 Å². The van der Waals surface area contributed by atoms with Gasteiger partial charge in [-0.05, 0) is 94.3 Å². The standard InChI is InChI=1S/C42H46F3N3O2.C32H41N3O/c1-2-3-6-13-33-20-22-36(23-21-33)32-48(40(49)25-24-37-18-11-12-19-38(37)42(43,44)45)39(30-34-14-7-4-8-15-34)41(50)47-28-26-46(27-29-47)31-35-16-9-5-10-17-35;1-2-3-6-11-27-16-18-29(19-17-27)25-33-31(24-28-12-7-4-8-13-28)32(36)35-22-20-34(21-23-35)26-30-14-9-5-10-15-30/h4-5,7-12,14-25,39H,2-3,6,13,26-32H2,1H3;4-5,7-10,12-19,31,33H,2-3,6,11,20-26H2,1H3/b25-24+;/t39-;31-/m00/s1. The van der Waals surface area contributed by atoms with Gasteiger partial charge in [-0.1, -0.05) is 228 Å². The highest BCUT2D eigenvalue weighted by atomic mass is 19.4. The van der Waals surface area contributed by atoms with Gasteiger partial charge in [-0.2, -0.15) is 13.2 Å². The van der Waals surface area contributed by atoms with Gasteiger partial charge in [0.1, 0.15) is 6.04 Å². The summed E-state index contributed by atoms with van der Waals surface area (Å²) < 4.78 is 41.4.